The number of amides is 4. The van der Waals surface area contributed by atoms with Crippen LogP contribution < -0.4 is 5.32 Å². The van der Waals surface area contributed by atoms with Crippen LogP contribution in [0.3, 0.4) is 0 Å². The lowest BCUT2D eigenvalue weighted by Crippen LogP contribution is -2.38. The molecule has 1 N–H and O–H groups in total. The van der Waals surface area contributed by atoms with Crippen LogP contribution in [0.4, 0.5) is 5.69 Å². The average molecular weight is 462 g/mol. The predicted molar refractivity (Wildman–Crippen MR) is 118 cm³/mol. The van der Waals surface area contributed by atoms with Gasteiger partial charge in [0, 0.05) is 19.5 Å². The molecule has 31 heavy (non-hydrogen) atoms. The minimum absolute atomic E-state index is 0.0986. The number of para-hydroxylation sites is 1. The minimum Gasteiger partial charge on any atom is -0.334 e. The highest BCUT2D eigenvalue weighted by Gasteiger charge is 2.34. The summed E-state index contributed by atoms with van der Waals surface area (Å²) in [5.41, 5.74) is 1.05. The summed E-state index contributed by atoms with van der Waals surface area (Å²) in [5.74, 6) is -1.38. The molecule has 0 saturated heterocycles. The zero-order valence-electron chi connectivity index (χ0n) is 16.9. The first-order valence-corrected chi connectivity index (χ1v) is 10.6. The van der Waals surface area contributed by atoms with E-state index in [1.807, 2.05) is 0 Å². The molecule has 1 aliphatic heterocycles. The average Bonchev–Trinajstić information content (AvgIpc) is 2.99. The second-order valence-corrected chi connectivity index (χ2v) is 7.78. The van der Waals surface area contributed by atoms with Gasteiger partial charge in [0.2, 0.25) is 11.8 Å². The zero-order chi connectivity index (χ0) is 22.5. The maximum atomic E-state index is 12.6. The molecule has 0 atom stereocenters. The van der Waals surface area contributed by atoms with Gasteiger partial charge in [-0.2, -0.15) is 0 Å². The highest BCUT2D eigenvalue weighted by molar-refractivity contribution is 6.39. The van der Waals surface area contributed by atoms with Crippen LogP contribution in [0.1, 0.15) is 40.5 Å². The second-order valence-electron chi connectivity index (χ2n) is 6.96. The van der Waals surface area contributed by atoms with Crippen LogP contribution in [0, 0.1) is 0 Å². The molecular formula is C22H21Cl2N3O4. The summed E-state index contributed by atoms with van der Waals surface area (Å²) in [7, 11) is 0. The van der Waals surface area contributed by atoms with E-state index in [0.717, 1.165) is 4.90 Å². The maximum absolute atomic E-state index is 12.6. The van der Waals surface area contributed by atoms with Gasteiger partial charge in [0.15, 0.2) is 0 Å². The molecule has 162 valence electrons. The molecule has 3 rings (SSSR count). The van der Waals surface area contributed by atoms with Gasteiger partial charge in [0.05, 0.1) is 33.4 Å². The van der Waals surface area contributed by atoms with Crippen LogP contribution in [0.2, 0.25) is 10.0 Å². The second kappa shape index (κ2) is 9.94. The Kier molecular flexibility index (Phi) is 7.30. The van der Waals surface area contributed by atoms with Gasteiger partial charge in [0.25, 0.3) is 11.8 Å². The summed E-state index contributed by atoms with van der Waals surface area (Å²) >= 11 is 12.1. The van der Waals surface area contributed by atoms with Crippen LogP contribution in [-0.2, 0) is 9.59 Å². The van der Waals surface area contributed by atoms with Crippen molar-refractivity contribution in [2.24, 2.45) is 0 Å². The Hall–Kier alpha value is -2.90. The number of carbonyl (C=O) groups excluding carboxylic acids is 4. The standard InChI is InChI=1S/C22H21Cl2N3O4/c1-2-26(13-18(28)25-20-16(23)9-5-10-17(20)24)19(29)11-6-12-27-21(30)14-7-3-4-8-15(14)22(27)31/h3-5,7-10H,2,6,11-13H2,1H3,(H,25,28). The molecule has 0 radical (unpaired) electrons. The fraction of sp³-hybridized carbons (Fsp3) is 0.273. The number of benzene rings is 2. The van der Waals surface area contributed by atoms with Gasteiger partial charge in [0.1, 0.15) is 0 Å². The SMILES string of the molecule is CCN(CC(=O)Nc1c(Cl)cccc1Cl)C(=O)CCCN1C(=O)c2ccccc2C1=O. The molecule has 0 bridgehead atoms. The van der Waals surface area contributed by atoms with E-state index in [9.17, 15) is 19.2 Å². The largest absolute Gasteiger partial charge is 0.334 e. The van der Waals surface area contributed by atoms with Crippen LogP contribution in [0.25, 0.3) is 0 Å². The number of fused-ring (bicyclic) bond motifs is 1. The Morgan fingerprint density at radius 1 is 0.968 bits per heavy atom. The Morgan fingerprint density at radius 3 is 2.10 bits per heavy atom. The van der Waals surface area contributed by atoms with E-state index < -0.39 is 5.91 Å². The van der Waals surface area contributed by atoms with Crippen molar-refractivity contribution in [3.8, 4) is 0 Å². The van der Waals surface area contributed by atoms with E-state index in [1.165, 1.54) is 4.90 Å². The van der Waals surface area contributed by atoms with E-state index in [0.29, 0.717) is 39.8 Å². The van der Waals surface area contributed by atoms with Gasteiger partial charge >= 0.3 is 0 Å². The fourth-order valence-corrected chi connectivity index (χ4v) is 3.83. The summed E-state index contributed by atoms with van der Waals surface area (Å²) in [6.07, 6.45) is 0.403. The molecule has 1 heterocycles. The Morgan fingerprint density at radius 2 is 1.55 bits per heavy atom. The lowest BCUT2D eigenvalue weighted by Gasteiger charge is -2.21. The van der Waals surface area contributed by atoms with E-state index in [4.69, 9.17) is 23.2 Å². The van der Waals surface area contributed by atoms with Crippen LogP contribution in [-0.4, -0.2) is 53.1 Å². The number of halogens is 2. The molecule has 2 aromatic rings. The highest BCUT2D eigenvalue weighted by Crippen LogP contribution is 2.29. The van der Waals surface area contributed by atoms with Crippen molar-refractivity contribution < 1.29 is 19.2 Å². The first-order chi connectivity index (χ1) is 14.8. The molecule has 0 fully saturated rings. The minimum atomic E-state index is -0.425. The van der Waals surface area contributed by atoms with Crippen molar-refractivity contribution in [2.45, 2.75) is 19.8 Å². The number of hydrogen-bond acceptors (Lipinski definition) is 4. The number of nitrogens with one attached hydrogen (secondary N) is 1. The summed E-state index contributed by atoms with van der Waals surface area (Å²) in [5, 5.41) is 3.23. The first kappa shape index (κ1) is 22.8. The molecule has 1 aliphatic rings. The van der Waals surface area contributed by atoms with Crippen molar-refractivity contribution in [3.05, 3.63) is 63.6 Å². The Labute approximate surface area is 189 Å². The molecule has 0 aromatic heterocycles. The number of carbonyl (C=O) groups is 4. The number of anilines is 1. The summed E-state index contributed by atoms with van der Waals surface area (Å²) in [6, 6.07) is 11.5. The molecule has 0 unspecified atom stereocenters. The quantitative estimate of drug-likeness (QED) is 0.604. The first-order valence-electron chi connectivity index (χ1n) is 9.80. The van der Waals surface area contributed by atoms with Crippen molar-refractivity contribution >= 4 is 52.5 Å². The van der Waals surface area contributed by atoms with Crippen LogP contribution >= 0.6 is 23.2 Å². The van der Waals surface area contributed by atoms with E-state index >= 15 is 0 Å². The van der Waals surface area contributed by atoms with Crippen molar-refractivity contribution in [2.75, 3.05) is 25.0 Å². The normalized spacial score (nSPS) is 12.7. The zero-order valence-corrected chi connectivity index (χ0v) is 18.4. The molecule has 4 amide bonds. The number of hydrogen-bond donors (Lipinski definition) is 1. The van der Waals surface area contributed by atoms with Gasteiger partial charge in [-0.25, -0.2) is 0 Å². The van der Waals surface area contributed by atoms with E-state index in [1.54, 1.807) is 49.4 Å². The number of likely N-dealkylation sites (N-methyl/N-ethyl adjacent to an activating group) is 1. The van der Waals surface area contributed by atoms with Crippen molar-refractivity contribution in [1.82, 2.24) is 9.80 Å². The molecular weight excluding hydrogens is 441 g/mol. The topological polar surface area (TPSA) is 86.8 Å². The predicted octanol–water partition coefficient (Wildman–Crippen LogP) is 3.86. The molecule has 9 heteroatoms. The number of nitrogens with zero attached hydrogens (tertiary/aromatic N) is 2. The van der Waals surface area contributed by atoms with Gasteiger partial charge in [-0.15, -0.1) is 0 Å². The molecule has 0 saturated carbocycles. The summed E-state index contributed by atoms with van der Waals surface area (Å²) in [4.78, 5) is 52.2. The van der Waals surface area contributed by atoms with Crippen LogP contribution in [0.5, 0.6) is 0 Å². The van der Waals surface area contributed by atoms with Crippen LogP contribution in [0.15, 0.2) is 42.5 Å². The molecule has 7 nitrogen and oxygen atoms in total. The van der Waals surface area contributed by atoms with Gasteiger partial charge < -0.3 is 10.2 Å². The van der Waals surface area contributed by atoms with Gasteiger partial charge in [-0.3, -0.25) is 24.1 Å². The van der Waals surface area contributed by atoms with E-state index in [2.05, 4.69) is 5.32 Å². The van der Waals surface area contributed by atoms with Gasteiger partial charge in [-0.05, 0) is 37.6 Å². The molecule has 2 aromatic carbocycles. The number of imide groups is 1. The smallest absolute Gasteiger partial charge is 0.261 e. The van der Waals surface area contributed by atoms with E-state index in [-0.39, 0.29) is 37.2 Å². The Balaban J connectivity index is 1.52. The van der Waals surface area contributed by atoms with Crippen molar-refractivity contribution in [1.29, 1.82) is 0 Å². The fourth-order valence-electron chi connectivity index (χ4n) is 3.33. The lowest BCUT2D eigenvalue weighted by molar-refractivity contribution is -0.134. The third-order valence-corrected chi connectivity index (χ3v) is 5.58. The maximum Gasteiger partial charge on any atom is 0.261 e. The van der Waals surface area contributed by atoms with Gasteiger partial charge in [-0.1, -0.05) is 41.4 Å². The Bertz CT molecular complexity index is 986. The third-order valence-electron chi connectivity index (χ3n) is 4.95. The monoisotopic (exact) mass is 461 g/mol. The highest BCUT2D eigenvalue weighted by atomic mass is 35.5. The van der Waals surface area contributed by atoms with Crippen molar-refractivity contribution in [3.63, 3.8) is 0 Å². The summed E-state index contributed by atoms with van der Waals surface area (Å²) in [6.45, 7) is 2.06. The third kappa shape index (κ3) is 5.06. The summed E-state index contributed by atoms with van der Waals surface area (Å²) < 4.78 is 0. The molecule has 0 aliphatic carbocycles. The number of rotatable bonds is 8. The lowest BCUT2D eigenvalue weighted by atomic mass is 10.1. The molecule has 0 spiro atoms.